The Hall–Kier alpha value is -0.910. The number of rotatable bonds is 6. The molecule has 0 unspecified atom stereocenters. The molecular weight excluding hydrogens is 320 g/mol. The molecule has 0 saturated carbocycles. The number of thiophene rings is 1. The van der Waals surface area contributed by atoms with Crippen LogP contribution in [0.15, 0.2) is 17.5 Å². The van der Waals surface area contributed by atoms with Crippen LogP contribution < -0.4 is 0 Å². The Balaban J connectivity index is 1.56. The van der Waals surface area contributed by atoms with E-state index in [1.165, 1.54) is 38.8 Å². The standard InChI is InChI=1S/C19H30N2O2S/c22-19(18-7-5-16-24-18)21(17-8-14-23-15-9-17)13-6-12-20-10-3-1-2-4-11-20/h5,7,16-17H,1-4,6,8-15H2. The van der Waals surface area contributed by atoms with E-state index in [1.807, 2.05) is 17.5 Å². The van der Waals surface area contributed by atoms with Crippen molar-refractivity contribution in [3.8, 4) is 0 Å². The summed E-state index contributed by atoms with van der Waals surface area (Å²) < 4.78 is 5.49. The van der Waals surface area contributed by atoms with E-state index in [9.17, 15) is 4.79 Å². The molecule has 4 nitrogen and oxygen atoms in total. The summed E-state index contributed by atoms with van der Waals surface area (Å²) in [4.78, 5) is 18.5. The minimum Gasteiger partial charge on any atom is -0.381 e. The molecule has 1 amide bonds. The minimum atomic E-state index is 0.216. The van der Waals surface area contributed by atoms with E-state index in [4.69, 9.17) is 4.74 Å². The molecule has 2 aliphatic rings. The first-order valence-electron chi connectivity index (χ1n) is 9.49. The highest BCUT2D eigenvalue weighted by molar-refractivity contribution is 7.12. The lowest BCUT2D eigenvalue weighted by Gasteiger charge is -2.34. The molecule has 3 heterocycles. The number of carbonyl (C=O) groups excluding carboxylic acids is 1. The SMILES string of the molecule is O=C(c1cccs1)N(CCCN1CCCCCC1)C1CCOCC1. The highest BCUT2D eigenvalue weighted by Crippen LogP contribution is 2.20. The maximum Gasteiger partial charge on any atom is 0.264 e. The molecule has 2 saturated heterocycles. The van der Waals surface area contributed by atoms with Crippen molar-refractivity contribution in [2.24, 2.45) is 0 Å². The van der Waals surface area contributed by atoms with E-state index >= 15 is 0 Å². The Bertz CT molecular complexity index is 478. The molecule has 0 aromatic carbocycles. The van der Waals surface area contributed by atoms with Gasteiger partial charge in [-0.2, -0.15) is 0 Å². The maximum absolute atomic E-state index is 12.9. The fourth-order valence-corrected chi connectivity index (χ4v) is 4.49. The maximum atomic E-state index is 12.9. The minimum absolute atomic E-state index is 0.216. The van der Waals surface area contributed by atoms with Gasteiger partial charge in [-0.1, -0.05) is 18.9 Å². The van der Waals surface area contributed by atoms with Crippen LogP contribution in [-0.2, 0) is 4.74 Å². The van der Waals surface area contributed by atoms with Crippen LogP contribution in [0.25, 0.3) is 0 Å². The summed E-state index contributed by atoms with van der Waals surface area (Å²) in [5.41, 5.74) is 0. The molecule has 2 fully saturated rings. The summed E-state index contributed by atoms with van der Waals surface area (Å²) in [6, 6.07) is 4.27. The normalized spacial score (nSPS) is 20.7. The largest absolute Gasteiger partial charge is 0.381 e. The molecule has 0 aliphatic carbocycles. The summed E-state index contributed by atoms with van der Waals surface area (Å²) >= 11 is 1.55. The summed E-state index contributed by atoms with van der Waals surface area (Å²) in [5.74, 6) is 0.216. The number of ether oxygens (including phenoxy) is 1. The van der Waals surface area contributed by atoms with Crippen molar-refractivity contribution in [1.82, 2.24) is 9.80 Å². The lowest BCUT2D eigenvalue weighted by molar-refractivity contribution is 0.0283. The van der Waals surface area contributed by atoms with Crippen LogP contribution in [0.4, 0.5) is 0 Å². The monoisotopic (exact) mass is 350 g/mol. The third-order valence-electron chi connectivity index (χ3n) is 5.20. The average Bonchev–Trinajstić information content (AvgIpc) is 3.04. The second kappa shape index (κ2) is 9.54. The van der Waals surface area contributed by atoms with Gasteiger partial charge in [-0.05, 0) is 63.2 Å². The van der Waals surface area contributed by atoms with E-state index in [0.717, 1.165) is 50.4 Å². The molecule has 0 spiro atoms. The second-order valence-electron chi connectivity index (χ2n) is 6.93. The fraction of sp³-hybridized carbons (Fsp3) is 0.737. The molecule has 0 N–H and O–H groups in total. The Morgan fingerprint density at radius 3 is 2.62 bits per heavy atom. The first-order chi connectivity index (χ1) is 11.8. The zero-order valence-electron chi connectivity index (χ0n) is 14.6. The van der Waals surface area contributed by atoms with Crippen molar-refractivity contribution in [2.45, 2.75) is 51.0 Å². The van der Waals surface area contributed by atoms with Gasteiger partial charge in [0.25, 0.3) is 5.91 Å². The average molecular weight is 351 g/mol. The Morgan fingerprint density at radius 2 is 1.96 bits per heavy atom. The van der Waals surface area contributed by atoms with Crippen molar-refractivity contribution in [2.75, 3.05) is 39.4 Å². The van der Waals surface area contributed by atoms with Gasteiger partial charge in [-0.3, -0.25) is 4.79 Å². The number of carbonyl (C=O) groups is 1. The zero-order chi connectivity index (χ0) is 16.6. The van der Waals surface area contributed by atoms with Crippen LogP contribution in [0.1, 0.15) is 54.6 Å². The van der Waals surface area contributed by atoms with Gasteiger partial charge in [0, 0.05) is 25.8 Å². The van der Waals surface area contributed by atoms with Crippen LogP contribution in [0, 0.1) is 0 Å². The molecule has 0 atom stereocenters. The molecule has 24 heavy (non-hydrogen) atoms. The van der Waals surface area contributed by atoms with E-state index in [2.05, 4.69) is 9.80 Å². The van der Waals surface area contributed by atoms with Crippen LogP contribution in [-0.4, -0.2) is 61.1 Å². The van der Waals surface area contributed by atoms with Crippen molar-refractivity contribution in [1.29, 1.82) is 0 Å². The second-order valence-corrected chi connectivity index (χ2v) is 7.88. The molecule has 134 valence electrons. The van der Waals surface area contributed by atoms with Gasteiger partial charge in [0.15, 0.2) is 0 Å². The lowest BCUT2D eigenvalue weighted by Crippen LogP contribution is -2.44. The first kappa shape index (κ1) is 17.9. The van der Waals surface area contributed by atoms with Crippen LogP contribution >= 0.6 is 11.3 Å². The molecule has 3 rings (SSSR count). The fourth-order valence-electron chi connectivity index (χ4n) is 3.81. The van der Waals surface area contributed by atoms with Gasteiger partial charge < -0.3 is 14.5 Å². The van der Waals surface area contributed by atoms with Gasteiger partial charge in [0.1, 0.15) is 0 Å². The Morgan fingerprint density at radius 1 is 1.21 bits per heavy atom. The topological polar surface area (TPSA) is 32.8 Å². The quantitative estimate of drug-likeness (QED) is 0.785. The van der Waals surface area contributed by atoms with Crippen molar-refractivity contribution in [3.63, 3.8) is 0 Å². The van der Waals surface area contributed by atoms with Gasteiger partial charge >= 0.3 is 0 Å². The van der Waals surface area contributed by atoms with E-state index in [0.29, 0.717) is 6.04 Å². The number of amides is 1. The summed E-state index contributed by atoms with van der Waals surface area (Å²) in [6.45, 7) is 6.03. The van der Waals surface area contributed by atoms with Gasteiger partial charge in [0.05, 0.1) is 4.88 Å². The van der Waals surface area contributed by atoms with Crippen molar-refractivity contribution >= 4 is 17.2 Å². The van der Waals surface area contributed by atoms with Crippen molar-refractivity contribution < 1.29 is 9.53 Å². The van der Waals surface area contributed by atoms with Gasteiger partial charge in [0.2, 0.25) is 0 Å². The molecular formula is C19H30N2O2S. The number of likely N-dealkylation sites (tertiary alicyclic amines) is 1. The highest BCUT2D eigenvalue weighted by atomic mass is 32.1. The number of nitrogens with zero attached hydrogens (tertiary/aromatic N) is 2. The molecule has 1 aromatic heterocycles. The molecule has 0 radical (unpaired) electrons. The highest BCUT2D eigenvalue weighted by Gasteiger charge is 2.27. The third kappa shape index (κ3) is 5.04. The van der Waals surface area contributed by atoms with E-state index < -0.39 is 0 Å². The molecule has 5 heteroatoms. The smallest absolute Gasteiger partial charge is 0.264 e. The van der Waals surface area contributed by atoms with E-state index in [-0.39, 0.29) is 5.91 Å². The number of hydrogen-bond donors (Lipinski definition) is 0. The van der Waals surface area contributed by atoms with Crippen LogP contribution in [0.2, 0.25) is 0 Å². The third-order valence-corrected chi connectivity index (χ3v) is 6.05. The Kier molecular flexibility index (Phi) is 7.12. The first-order valence-corrected chi connectivity index (χ1v) is 10.4. The van der Waals surface area contributed by atoms with Crippen LogP contribution in [0.5, 0.6) is 0 Å². The number of hydrogen-bond acceptors (Lipinski definition) is 4. The van der Waals surface area contributed by atoms with Gasteiger partial charge in [-0.25, -0.2) is 0 Å². The summed E-state index contributed by atoms with van der Waals surface area (Å²) in [6.07, 6.45) is 8.44. The van der Waals surface area contributed by atoms with E-state index in [1.54, 1.807) is 11.3 Å². The summed E-state index contributed by atoms with van der Waals surface area (Å²) in [7, 11) is 0. The predicted molar refractivity (Wildman–Crippen MR) is 98.7 cm³/mol. The predicted octanol–water partition coefficient (Wildman–Crippen LogP) is 3.64. The lowest BCUT2D eigenvalue weighted by atomic mass is 10.1. The molecule has 1 aromatic rings. The van der Waals surface area contributed by atoms with Crippen molar-refractivity contribution in [3.05, 3.63) is 22.4 Å². The zero-order valence-corrected chi connectivity index (χ0v) is 15.4. The van der Waals surface area contributed by atoms with Crippen LogP contribution in [0.3, 0.4) is 0 Å². The molecule has 0 bridgehead atoms. The van der Waals surface area contributed by atoms with Gasteiger partial charge in [-0.15, -0.1) is 11.3 Å². The molecule has 2 aliphatic heterocycles. The Labute approximate surface area is 149 Å². The summed E-state index contributed by atoms with van der Waals surface area (Å²) in [5, 5.41) is 1.99.